The number of benzene rings is 8. The smallest absolute Gasteiger partial charge is 0.159 e. The number of hydrogen-bond acceptors (Lipinski definition) is 5. The van der Waals surface area contributed by atoms with Crippen molar-refractivity contribution in [3.05, 3.63) is 252 Å². The number of pyridine rings is 1. The van der Waals surface area contributed by atoms with E-state index in [1.54, 1.807) is 0 Å². The van der Waals surface area contributed by atoms with Crippen molar-refractivity contribution in [2.45, 2.75) is 22.2 Å². The van der Waals surface area contributed by atoms with Gasteiger partial charge in [0.2, 0.25) is 0 Å². The van der Waals surface area contributed by atoms with Crippen LogP contribution in [0.1, 0.15) is 50.7 Å². The van der Waals surface area contributed by atoms with Crippen molar-refractivity contribution in [1.29, 1.82) is 0 Å². The molecule has 1 N–H and O–H groups in total. The van der Waals surface area contributed by atoms with E-state index in [2.05, 4.69) is 199 Å². The van der Waals surface area contributed by atoms with Crippen LogP contribution in [0.15, 0.2) is 233 Å². The highest BCUT2D eigenvalue weighted by molar-refractivity contribution is 8.00. The van der Waals surface area contributed by atoms with Gasteiger partial charge in [-0.15, -0.1) is 11.8 Å². The minimum Gasteiger partial charge on any atom is -0.344 e. The highest BCUT2D eigenvalue weighted by Crippen LogP contribution is 2.61. The maximum absolute atomic E-state index is 5.33. The minimum atomic E-state index is -0.238. The quantitative estimate of drug-likeness (QED) is 0.167. The molecular formula is C56H40N4S. The van der Waals surface area contributed by atoms with Crippen LogP contribution in [0.25, 0.3) is 44.4 Å². The molecule has 3 heterocycles. The summed E-state index contributed by atoms with van der Waals surface area (Å²) in [6.45, 7) is 0. The van der Waals surface area contributed by atoms with Crippen molar-refractivity contribution in [2.75, 3.05) is 0 Å². The number of thioether (sulfide) groups is 1. The molecule has 3 atom stereocenters. The van der Waals surface area contributed by atoms with Gasteiger partial charge in [-0.05, 0) is 50.6 Å². The van der Waals surface area contributed by atoms with Gasteiger partial charge in [0.15, 0.2) is 5.84 Å². The molecule has 0 aliphatic carbocycles. The van der Waals surface area contributed by atoms with Gasteiger partial charge in [0.25, 0.3) is 0 Å². The maximum Gasteiger partial charge on any atom is 0.159 e. The van der Waals surface area contributed by atoms with E-state index in [9.17, 15) is 0 Å². The number of aliphatic imine (C=N–C) groups is 2. The fourth-order valence-corrected chi connectivity index (χ4v) is 10.4. The Morgan fingerprint density at radius 3 is 1.67 bits per heavy atom. The summed E-state index contributed by atoms with van der Waals surface area (Å²) in [5.74, 6) is 1.64. The highest BCUT2D eigenvalue weighted by Gasteiger charge is 2.39. The lowest BCUT2D eigenvalue weighted by Crippen LogP contribution is -2.33. The number of hydrogen-bond donors (Lipinski definition) is 1. The second kappa shape index (κ2) is 16.0. The third-order valence-electron chi connectivity index (χ3n) is 11.8. The Morgan fingerprint density at radius 1 is 0.426 bits per heavy atom. The molecule has 290 valence electrons. The van der Waals surface area contributed by atoms with Gasteiger partial charge in [-0.2, -0.15) is 0 Å². The normalized spacial score (nSPS) is 17.0. The largest absolute Gasteiger partial charge is 0.344 e. The maximum atomic E-state index is 5.33. The van der Waals surface area contributed by atoms with Gasteiger partial charge in [-0.3, -0.25) is 0 Å². The van der Waals surface area contributed by atoms with Crippen molar-refractivity contribution < 1.29 is 0 Å². The Balaban J connectivity index is 0.960. The molecule has 8 aromatic carbocycles. The molecule has 0 radical (unpaired) electrons. The summed E-state index contributed by atoms with van der Waals surface area (Å²) in [7, 11) is 0. The molecule has 5 heteroatoms. The number of fused-ring (bicyclic) bond motifs is 3. The van der Waals surface area contributed by atoms with E-state index < -0.39 is 0 Å². The minimum absolute atomic E-state index is 0.107. The monoisotopic (exact) mass is 800 g/mol. The van der Waals surface area contributed by atoms with Crippen LogP contribution in [0.5, 0.6) is 0 Å². The number of rotatable bonds is 8. The van der Waals surface area contributed by atoms with Crippen LogP contribution in [0.2, 0.25) is 0 Å². The van der Waals surface area contributed by atoms with Crippen molar-refractivity contribution in [3.8, 4) is 33.5 Å². The Kier molecular flexibility index (Phi) is 9.64. The van der Waals surface area contributed by atoms with Crippen LogP contribution in [-0.2, 0) is 0 Å². The summed E-state index contributed by atoms with van der Waals surface area (Å²) in [6.07, 6.45) is -0.238. The zero-order valence-electron chi connectivity index (χ0n) is 33.3. The summed E-state index contributed by atoms with van der Waals surface area (Å²) in [5.41, 5.74) is 15.0. The molecule has 0 bridgehead atoms. The molecule has 61 heavy (non-hydrogen) atoms. The van der Waals surface area contributed by atoms with Crippen LogP contribution in [0, 0.1) is 0 Å². The topological polar surface area (TPSA) is 49.6 Å². The van der Waals surface area contributed by atoms with Gasteiger partial charge < -0.3 is 5.32 Å². The van der Waals surface area contributed by atoms with Crippen LogP contribution >= 0.6 is 11.8 Å². The van der Waals surface area contributed by atoms with E-state index in [1.165, 1.54) is 43.7 Å². The molecule has 11 rings (SSSR count). The third kappa shape index (κ3) is 7.13. The first-order chi connectivity index (χ1) is 30.2. The molecule has 0 fully saturated rings. The first kappa shape index (κ1) is 36.7. The van der Waals surface area contributed by atoms with Gasteiger partial charge in [-0.25, -0.2) is 15.0 Å². The van der Waals surface area contributed by atoms with Crippen LogP contribution in [0.4, 0.5) is 0 Å². The Hall–Kier alpha value is -7.34. The first-order valence-corrected chi connectivity index (χ1v) is 21.7. The fraction of sp³-hybridized carbons (Fsp3) is 0.0536. The summed E-state index contributed by atoms with van der Waals surface area (Å²) in [5, 5.41) is 4.91. The predicted octanol–water partition coefficient (Wildman–Crippen LogP) is 13.7. The van der Waals surface area contributed by atoms with Gasteiger partial charge in [0.1, 0.15) is 12.0 Å². The van der Waals surface area contributed by atoms with Gasteiger partial charge in [0, 0.05) is 38.1 Å². The van der Waals surface area contributed by atoms with Gasteiger partial charge in [0.05, 0.1) is 11.2 Å². The zero-order valence-corrected chi connectivity index (χ0v) is 34.1. The van der Waals surface area contributed by atoms with E-state index in [0.29, 0.717) is 5.84 Å². The molecule has 1 aromatic heterocycles. The molecule has 0 saturated heterocycles. The molecule has 0 spiro atoms. The average molecular weight is 801 g/mol. The van der Waals surface area contributed by atoms with Gasteiger partial charge in [-0.1, -0.05) is 212 Å². The van der Waals surface area contributed by atoms with Crippen LogP contribution in [-0.4, -0.2) is 16.7 Å². The molecule has 4 nitrogen and oxygen atoms in total. The van der Waals surface area contributed by atoms with E-state index in [4.69, 9.17) is 15.0 Å². The second-order valence-corrected chi connectivity index (χ2v) is 16.7. The summed E-state index contributed by atoms with van der Waals surface area (Å²) in [4.78, 5) is 16.7. The number of amidine groups is 2. The molecule has 0 saturated carbocycles. The molecule has 0 amide bonds. The van der Waals surface area contributed by atoms with E-state index >= 15 is 0 Å². The number of nitrogens with one attached hydrogen (secondary N) is 1. The van der Waals surface area contributed by atoms with Crippen molar-refractivity contribution in [2.24, 2.45) is 9.98 Å². The summed E-state index contributed by atoms with van der Waals surface area (Å²) >= 11 is 1.95. The average Bonchev–Trinajstić information content (AvgIpc) is 3.76. The Labute approximate surface area is 360 Å². The number of aromatic nitrogens is 1. The Bertz CT molecular complexity index is 3060. The third-order valence-corrected chi connectivity index (χ3v) is 13.2. The molecule has 2 aliphatic heterocycles. The van der Waals surface area contributed by atoms with E-state index in [-0.39, 0.29) is 17.3 Å². The lowest BCUT2D eigenvalue weighted by Gasteiger charge is -2.23. The number of para-hydroxylation sites is 1. The SMILES string of the molecule is c1ccc(C2=NC(c3ccc(-c4ccc(C5Sc6c(-c7ccccc7)nc7ccccc7c6C5c5cccc(-c6ccccc6)c5)cc4)cc3)=NC(c3ccccc3)N2)cc1. The summed E-state index contributed by atoms with van der Waals surface area (Å²) < 4.78 is 0. The van der Waals surface area contributed by atoms with Crippen molar-refractivity contribution >= 4 is 34.3 Å². The molecule has 3 unspecified atom stereocenters. The lowest BCUT2D eigenvalue weighted by atomic mass is 9.82. The fourth-order valence-electron chi connectivity index (χ4n) is 8.73. The van der Waals surface area contributed by atoms with Crippen LogP contribution in [0.3, 0.4) is 0 Å². The van der Waals surface area contributed by atoms with E-state index in [1.807, 2.05) is 36.0 Å². The van der Waals surface area contributed by atoms with Crippen molar-refractivity contribution in [3.63, 3.8) is 0 Å². The second-order valence-electron chi connectivity index (χ2n) is 15.5. The van der Waals surface area contributed by atoms with E-state index in [0.717, 1.165) is 44.9 Å². The standard InChI is InChI=1S/C56H40N4S/c1-5-16-37(17-6-1)45-24-15-25-46(36-45)49-50-47-26-13-14-27-48(47)57-51(40-18-7-2-8-19-40)53(50)61-52(49)41-32-28-38(29-33-41)39-30-34-44(35-31-39)56-59-54(42-20-9-3-10-21-42)58-55(60-56)43-22-11-4-12-23-43/h1-36,49,52,54H,(H,58,59,60). The zero-order chi connectivity index (χ0) is 40.5. The highest BCUT2D eigenvalue weighted by atomic mass is 32.2. The number of nitrogens with zero attached hydrogens (tertiary/aromatic N) is 3. The Morgan fingerprint density at radius 2 is 0.967 bits per heavy atom. The molecule has 2 aliphatic rings. The molecule has 9 aromatic rings. The lowest BCUT2D eigenvalue weighted by molar-refractivity contribution is 0.674. The van der Waals surface area contributed by atoms with Crippen LogP contribution < -0.4 is 5.32 Å². The molecular weight excluding hydrogens is 761 g/mol. The predicted molar refractivity (Wildman–Crippen MR) is 253 cm³/mol. The van der Waals surface area contributed by atoms with Gasteiger partial charge >= 0.3 is 0 Å². The van der Waals surface area contributed by atoms with Crippen molar-refractivity contribution in [1.82, 2.24) is 10.3 Å². The summed E-state index contributed by atoms with van der Waals surface area (Å²) in [6, 6.07) is 77.7. The first-order valence-electron chi connectivity index (χ1n) is 20.8.